The molecule has 3 aromatic rings. The minimum Gasteiger partial charge on any atom is -0.349 e. The van der Waals surface area contributed by atoms with Crippen molar-refractivity contribution in [3.05, 3.63) is 70.8 Å². The van der Waals surface area contributed by atoms with Gasteiger partial charge in [-0.2, -0.15) is 5.10 Å². The molecule has 4 amide bonds. The second-order valence-corrected chi connectivity index (χ2v) is 12.6. The number of H-pyrrole nitrogens is 1. The van der Waals surface area contributed by atoms with Crippen LogP contribution in [0.3, 0.4) is 0 Å². The lowest BCUT2D eigenvalue weighted by atomic mass is 9.83. The molecule has 0 spiro atoms. The number of urea groups is 1. The average Bonchev–Trinajstić information content (AvgIpc) is 3.26. The van der Waals surface area contributed by atoms with Gasteiger partial charge in [-0.15, -0.1) is 0 Å². The lowest BCUT2D eigenvalue weighted by molar-refractivity contribution is -0.113. The first-order valence-corrected chi connectivity index (χ1v) is 13.9. The van der Waals surface area contributed by atoms with E-state index in [1.807, 2.05) is 0 Å². The maximum absolute atomic E-state index is 15.1. The first-order valence-electron chi connectivity index (χ1n) is 13.9. The van der Waals surface area contributed by atoms with Crippen LogP contribution in [0.25, 0.3) is 10.9 Å². The fourth-order valence-electron chi connectivity index (χ4n) is 7.97. The van der Waals surface area contributed by atoms with Crippen LogP contribution in [0, 0.1) is 28.0 Å². The minimum atomic E-state index is -0.900. The number of aromatic amines is 1. The molecule has 3 aliphatic rings. The molecule has 9 nitrogen and oxygen atoms in total. The second-order valence-electron chi connectivity index (χ2n) is 12.6. The predicted molar refractivity (Wildman–Crippen MR) is 153 cm³/mol. The molecule has 10 heteroatoms. The van der Waals surface area contributed by atoms with Crippen molar-refractivity contribution in [2.45, 2.75) is 60.0 Å². The molecule has 6 rings (SSSR count). The molecular weight excluding hydrogens is 523 g/mol. The Labute approximate surface area is 237 Å². The van der Waals surface area contributed by atoms with Gasteiger partial charge in [-0.3, -0.25) is 14.7 Å². The van der Waals surface area contributed by atoms with Gasteiger partial charge in [0.2, 0.25) is 0 Å². The fourth-order valence-corrected chi connectivity index (χ4v) is 7.97. The van der Waals surface area contributed by atoms with Gasteiger partial charge in [-0.25, -0.2) is 9.18 Å². The van der Waals surface area contributed by atoms with Gasteiger partial charge < -0.3 is 21.3 Å². The number of aromatic nitrogens is 2. The summed E-state index contributed by atoms with van der Waals surface area (Å²) in [6, 6.07) is 7.97. The minimum absolute atomic E-state index is 0.0438. The van der Waals surface area contributed by atoms with Crippen molar-refractivity contribution in [3.63, 3.8) is 0 Å². The third-order valence-electron chi connectivity index (χ3n) is 11.0. The SMILES string of the molecule is CC1=C(C(=O)Nc2ccc3[nH]ncc3c2)C(c2ccc(F)c(C(=O)NC3CC(C)C4(C)C(C)(C)C34C)c2)NC(=O)N1. The maximum Gasteiger partial charge on any atom is 0.319 e. The molecule has 1 aromatic heterocycles. The first-order chi connectivity index (χ1) is 19.3. The number of halogens is 1. The van der Waals surface area contributed by atoms with E-state index in [4.69, 9.17) is 0 Å². The molecule has 0 saturated heterocycles. The summed E-state index contributed by atoms with van der Waals surface area (Å²) in [6.45, 7) is 12.8. The molecule has 2 aliphatic carbocycles. The number of nitrogens with one attached hydrogen (secondary N) is 5. The second kappa shape index (κ2) is 8.89. The molecule has 2 fully saturated rings. The number of nitrogens with zero attached hydrogens (tertiary/aromatic N) is 1. The number of anilines is 1. The number of benzene rings is 2. The number of allylic oxidation sites excluding steroid dienone is 1. The highest BCUT2D eigenvalue weighted by atomic mass is 19.1. The van der Waals surface area contributed by atoms with Crippen LogP contribution < -0.4 is 21.3 Å². The summed E-state index contributed by atoms with van der Waals surface area (Å²) in [5, 5.41) is 19.1. The fraction of sp³-hybridized carbons (Fsp3) is 0.419. The van der Waals surface area contributed by atoms with Crippen molar-refractivity contribution in [3.8, 4) is 0 Å². The maximum atomic E-state index is 15.1. The Kier molecular flexibility index (Phi) is 5.85. The van der Waals surface area contributed by atoms with Crippen LogP contribution in [0.5, 0.6) is 0 Å². The normalized spacial score (nSPS) is 29.9. The monoisotopic (exact) mass is 558 g/mol. The van der Waals surface area contributed by atoms with E-state index in [2.05, 4.69) is 66.1 Å². The number of amides is 4. The molecule has 1 aliphatic heterocycles. The van der Waals surface area contributed by atoms with E-state index in [9.17, 15) is 14.4 Å². The largest absolute Gasteiger partial charge is 0.349 e. The van der Waals surface area contributed by atoms with Crippen LogP contribution in [0.15, 0.2) is 53.9 Å². The summed E-state index contributed by atoms with van der Waals surface area (Å²) in [5.74, 6) is -1.20. The Hall–Kier alpha value is -4.21. The quantitative estimate of drug-likeness (QED) is 0.296. The first kappa shape index (κ1) is 27.0. The summed E-state index contributed by atoms with van der Waals surface area (Å²) in [5.41, 5.74) is 2.32. The van der Waals surface area contributed by atoms with Gasteiger partial charge in [-0.05, 0) is 71.4 Å². The smallest absolute Gasteiger partial charge is 0.319 e. The predicted octanol–water partition coefficient (Wildman–Crippen LogP) is 5.16. The van der Waals surface area contributed by atoms with Crippen molar-refractivity contribution >= 4 is 34.4 Å². The molecule has 5 atom stereocenters. The summed E-state index contributed by atoms with van der Waals surface area (Å²) < 4.78 is 15.1. The Bertz CT molecular complexity index is 1660. The molecule has 0 radical (unpaired) electrons. The van der Waals surface area contributed by atoms with E-state index in [-0.39, 0.29) is 33.4 Å². The van der Waals surface area contributed by atoms with Crippen molar-refractivity contribution in [2.24, 2.45) is 22.2 Å². The van der Waals surface area contributed by atoms with Crippen molar-refractivity contribution in [1.82, 2.24) is 26.1 Å². The van der Waals surface area contributed by atoms with E-state index in [1.54, 1.807) is 31.3 Å². The van der Waals surface area contributed by atoms with Crippen molar-refractivity contribution in [1.29, 1.82) is 0 Å². The lowest BCUT2D eigenvalue weighted by Crippen LogP contribution is -2.46. The van der Waals surface area contributed by atoms with Crippen LogP contribution in [-0.2, 0) is 4.79 Å². The molecule has 5 N–H and O–H groups in total. The zero-order valence-corrected chi connectivity index (χ0v) is 24.0. The highest BCUT2D eigenvalue weighted by Gasteiger charge is 2.84. The Morgan fingerprint density at radius 2 is 1.80 bits per heavy atom. The topological polar surface area (TPSA) is 128 Å². The standard InChI is InChI=1S/C31H35FN6O3/c1-15-11-23(31(6)29(3,4)30(15,31)5)36-26(39)20-13-17(7-9-21(20)32)25-24(16(2)34-28(41)37-25)27(40)35-19-8-10-22-18(12-19)14-33-38-22/h7-10,12-15,23,25H,11H2,1-6H3,(H,33,38)(H,35,40)(H,36,39)(H2,34,37,41). The summed E-state index contributed by atoms with van der Waals surface area (Å²) in [6.07, 6.45) is 2.48. The number of hydrogen-bond donors (Lipinski definition) is 5. The van der Waals surface area contributed by atoms with E-state index in [0.717, 1.165) is 17.3 Å². The lowest BCUT2D eigenvalue weighted by Gasteiger charge is -2.29. The molecule has 0 bridgehead atoms. The highest BCUT2D eigenvalue weighted by molar-refractivity contribution is 6.07. The van der Waals surface area contributed by atoms with Crippen molar-refractivity contribution < 1.29 is 18.8 Å². The zero-order chi connectivity index (χ0) is 29.5. The van der Waals surface area contributed by atoms with Gasteiger partial charge in [0.05, 0.1) is 28.9 Å². The van der Waals surface area contributed by atoms with E-state index in [0.29, 0.717) is 22.9 Å². The van der Waals surface area contributed by atoms with Gasteiger partial charge >= 0.3 is 6.03 Å². The van der Waals surface area contributed by atoms with Crippen LogP contribution in [-0.4, -0.2) is 34.1 Å². The Balaban J connectivity index is 1.28. The third kappa shape index (κ3) is 3.72. The van der Waals surface area contributed by atoms with Crippen molar-refractivity contribution in [2.75, 3.05) is 5.32 Å². The highest BCUT2D eigenvalue weighted by Crippen LogP contribution is 2.86. The number of carbonyl (C=O) groups is 3. The van der Waals surface area contributed by atoms with Gasteiger partial charge in [0.15, 0.2) is 0 Å². The molecule has 214 valence electrons. The van der Waals surface area contributed by atoms with E-state index < -0.39 is 29.7 Å². The molecule has 2 heterocycles. The number of carbonyl (C=O) groups excluding carboxylic acids is 3. The zero-order valence-electron chi connectivity index (χ0n) is 24.0. The molecule has 5 unspecified atom stereocenters. The van der Waals surface area contributed by atoms with Gasteiger partial charge in [0.25, 0.3) is 11.8 Å². The summed E-state index contributed by atoms with van der Waals surface area (Å²) >= 11 is 0. The molecule has 2 aromatic carbocycles. The van der Waals surface area contributed by atoms with Gasteiger partial charge in [0.1, 0.15) is 5.82 Å². The van der Waals surface area contributed by atoms with Gasteiger partial charge in [0, 0.05) is 22.8 Å². The van der Waals surface area contributed by atoms with Crippen LogP contribution in [0.1, 0.15) is 69.9 Å². The molecular formula is C31H35FN6O3. The van der Waals surface area contributed by atoms with Crippen LogP contribution >= 0.6 is 0 Å². The third-order valence-corrected chi connectivity index (χ3v) is 11.0. The Morgan fingerprint density at radius 3 is 2.51 bits per heavy atom. The van der Waals surface area contributed by atoms with E-state index >= 15 is 4.39 Å². The molecule has 2 saturated carbocycles. The number of hydrogen-bond acceptors (Lipinski definition) is 4. The average molecular weight is 559 g/mol. The summed E-state index contributed by atoms with van der Waals surface area (Å²) in [7, 11) is 0. The summed E-state index contributed by atoms with van der Waals surface area (Å²) in [4.78, 5) is 39.5. The number of rotatable bonds is 5. The number of fused-ring (bicyclic) bond motifs is 2. The Morgan fingerprint density at radius 1 is 1.05 bits per heavy atom. The van der Waals surface area contributed by atoms with Crippen LogP contribution in [0.4, 0.5) is 14.9 Å². The van der Waals surface area contributed by atoms with E-state index in [1.165, 1.54) is 18.2 Å². The van der Waals surface area contributed by atoms with Crippen LogP contribution in [0.2, 0.25) is 0 Å². The molecule has 41 heavy (non-hydrogen) atoms. The van der Waals surface area contributed by atoms with Gasteiger partial charge in [-0.1, -0.05) is 40.7 Å².